The van der Waals surface area contributed by atoms with Crippen LogP contribution in [0.5, 0.6) is 0 Å². The lowest BCUT2D eigenvalue weighted by molar-refractivity contribution is 0.629. The van der Waals surface area contributed by atoms with E-state index in [2.05, 4.69) is 18.0 Å². The van der Waals surface area contributed by atoms with Gasteiger partial charge in [-0.3, -0.25) is 0 Å². The number of unbranched alkanes of at least 4 members (excludes halogenated alkanes) is 2. The first-order valence-corrected chi connectivity index (χ1v) is 10.3. The average molecular weight is 393 g/mol. The normalized spacial score (nSPS) is 11.2. The first kappa shape index (κ1) is 18.5. The Morgan fingerprint density at radius 3 is 2.89 bits per heavy atom. The number of hydrogen-bond acceptors (Lipinski definition) is 3. The van der Waals surface area contributed by atoms with Crippen molar-refractivity contribution in [3.8, 4) is 11.1 Å². The minimum absolute atomic E-state index is 0.278. The van der Waals surface area contributed by atoms with Crippen LogP contribution in [0.1, 0.15) is 42.2 Å². The van der Waals surface area contributed by atoms with E-state index in [1.165, 1.54) is 23.8 Å². The molecule has 0 aliphatic rings. The van der Waals surface area contributed by atoms with Crippen molar-refractivity contribution < 1.29 is 4.39 Å². The first-order chi connectivity index (χ1) is 13.7. The van der Waals surface area contributed by atoms with E-state index in [1.807, 2.05) is 33.7 Å². The number of thiophene rings is 1. The van der Waals surface area contributed by atoms with E-state index >= 15 is 0 Å². The van der Waals surface area contributed by atoms with E-state index < -0.39 is 0 Å². The molecule has 0 unspecified atom stereocenters. The summed E-state index contributed by atoms with van der Waals surface area (Å²) in [7, 11) is 0. The third-order valence-corrected chi connectivity index (χ3v) is 6.09. The average Bonchev–Trinajstić information content (AvgIpc) is 3.41. The minimum atomic E-state index is -0.278. The van der Waals surface area contributed by atoms with Gasteiger partial charge in [0.1, 0.15) is 16.9 Å². The highest BCUT2D eigenvalue weighted by molar-refractivity contribution is 7.14. The zero-order valence-electron chi connectivity index (χ0n) is 15.7. The zero-order valence-corrected chi connectivity index (χ0v) is 16.5. The van der Waals surface area contributed by atoms with Crippen LogP contribution in [0.2, 0.25) is 0 Å². The SMILES string of the molecule is CCCCCc1cc(C#N)c(-n2cc(Cn3ccnc3)c3ccc(F)cc32)s1. The standard InChI is InChI=1S/C22H21FN4S/c1-2-3-4-5-19-10-16(12-24)22(28-19)27-14-17(13-26-9-8-25-15-26)20-7-6-18(23)11-21(20)27/h6-11,14-15H,2-5,13H2,1H3. The quantitative estimate of drug-likeness (QED) is 0.380. The number of nitrogens with zero attached hydrogens (tertiary/aromatic N) is 4. The Bertz CT molecular complexity index is 1130. The fourth-order valence-electron chi connectivity index (χ4n) is 3.50. The molecule has 0 bridgehead atoms. The van der Waals surface area contributed by atoms with Gasteiger partial charge < -0.3 is 9.13 Å². The minimum Gasteiger partial charge on any atom is -0.333 e. The zero-order chi connectivity index (χ0) is 19.5. The monoisotopic (exact) mass is 392 g/mol. The summed E-state index contributed by atoms with van der Waals surface area (Å²) in [4.78, 5) is 5.30. The molecule has 0 amide bonds. The fraction of sp³-hybridized carbons (Fsp3) is 0.273. The number of hydrogen-bond donors (Lipinski definition) is 0. The predicted molar refractivity (Wildman–Crippen MR) is 110 cm³/mol. The summed E-state index contributed by atoms with van der Waals surface area (Å²) in [5.74, 6) is -0.278. The number of nitriles is 1. The number of fused-ring (bicyclic) bond motifs is 1. The van der Waals surface area contributed by atoms with Gasteiger partial charge in [-0.1, -0.05) is 19.8 Å². The van der Waals surface area contributed by atoms with Gasteiger partial charge in [0.2, 0.25) is 0 Å². The Morgan fingerprint density at radius 1 is 1.25 bits per heavy atom. The van der Waals surface area contributed by atoms with Crippen LogP contribution in [-0.2, 0) is 13.0 Å². The molecule has 0 atom stereocenters. The Morgan fingerprint density at radius 2 is 2.14 bits per heavy atom. The van der Waals surface area contributed by atoms with E-state index in [0.29, 0.717) is 12.1 Å². The second-order valence-electron chi connectivity index (χ2n) is 6.92. The molecule has 4 aromatic rings. The number of rotatable bonds is 7. The molecule has 0 saturated heterocycles. The number of aromatic nitrogens is 3. The molecule has 0 fully saturated rings. The third-order valence-electron chi connectivity index (χ3n) is 4.89. The smallest absolute Gasteiger partial charge is 0.125 e. The van der Waals surface area contributed by atoms with Gasteiger partial charge in [0, 0.05) is 28.9 Å². The van der Waals surface area contributed by atoms with Crippen molar-refractivity contribution in [2.24, 2.45) is 0 Å². The molecule has 0 radical (unpaired) electrons. The van der Waals surface area contributed by atoms with Crippen LogP contribution >= 0.6 is 11.3 Å². The molecular formula is C22H21FN4S. The van der Waals surface area contributed by atoms with Crippen LogP contribution in [0.15, 0.2) is 49.2 Å². The highest BCUT2D eigenvalue weighted by Gasteiger charge is 2.16. The summed E-state index contributed by atoms with van der Waals surface area (Å²) < 4.78 is 18.0. The van der Waals surface area contributed by atoms with Crippen molar-refractivity contribution in [3.63, 3.8) is 0 Å². The van der Waals surface area contributed by atoms with Gasteiger partial charge in [0.15, 0.2) is 0 Å². The van der Waals surface area contributed by atoms with E-state index in [-0.39, 0.29) is 5.82 Å². The summed E-state index contributed by atoms with van der Waals surface area (Å²) in [6, 6.07) is 9.15. The maximum Gasteiger partial charge on any atom is 0.125 e. The van der Waals surface area contributed by atoms with Crippen molar-refractivity contribution in [3.05, 3.63) is 71.0 Å². The largest absolute Gasteiger partial charge is 0.333 e. The van der Waals surface area contributed by atoms with E-state index in [0.717, 1.165) is 34.3 Å². The summed E-state index contributed by atoms with van der Waals surface area (Å²) in [6.45, 7) is 2.83. The van der Waals surface area contributed by atoms with Gasteiger partial charge in [0.25, 0.3) is 0 Å². The van der Waals surface area contributed by atoms with Crippen LogP contribution in [0.25, 0.3) is 15.9 Å². The van der Waals surface area contributed by atoms with Crippen molar-refractivity contribution in [2.75, 3.05) is 0 Å². The highest BCUT2D eigenvalue weighted by atomic mass is 32.1. The molecule has 3 aromatic heterocycles. The molecule has 3 heterocycles. The molecule has 6 heteroatoms. The van der Waals surface area contributed by atoms with Crippen LogP contribution in [0.3, 0.4) is 0 Å². The number of imidazole rings is 1. The van der Waals surface area contributed by atoms with Gasteiger partial charge in [-0.2, -0.15) is 5.26 Å². The van der Waals surface area contributed by atoms with Crippen molar-refractivity contribution in [1.29, 1.82) is 5.26 Å². The van der Waals surface area contributed by atoms with Crippen molar-refractivity contribution in [2.45, 2.75) is 39.2 Å². The third kappa shape index (κ3) is 3.58. The van der Waals surface area contributed by atoms with Crippen LogP contribution in [-0.4, -0.2) is 14.1 Å². The molecule has 0 saturated carbocycles. The number of halogens is 1. The molecule has 142 valence electrons. The Balaban J connectivity index is 1.80. The Kier molecular flexibility index (Phi) is 5.27. The molecule has 0 N–H and O–H groups in total. The second kappa shape index (κ2) is 7.99. The lowest BCUT2D eigenvalue weighted by Crippen LogP contribution is -1.95. The molecule has 28 heavy (non-hydrogen) atoms. The molecule has 4 nitrogen and oxygen atoms in total. The number of benzene rings is 1. The first-order valence-electron chi connectivity index (χ1n) is 9.48. The van der Waals surface area contributed by atoms with Gasteiger partial charge in [-0.05, 0) is 42.7 Å². The summed E-state index contributed by atoms with van der Waals surface area (Å²) in [5.41, 5.74) is 2.50. The lowest BCUT2D eigenvalue weighted by Gasteiger charge is -2.03. The summed E-state index contributed by atoms with van der Waals surface area (Å²) in [6.07, 6.45) is 11.9. The maximum absolute atomic E-state index is 14.0. The Hall–Kier alpha value is -2.91. The van der Waals surface area contributed by atoms with Crippen molar-refractivity contribution >= 4 is 22.2 Å². The second-order valence-corrected chi connectivity index (χ2v) is 8.04. The van der Waals surface area contributed by atoms with Gasteiger partial charge in [0.05, 0.1) is 24.0 Å². The van der Waals surface area contributed by atoms with Crippen LogP contribution in [0, 0.1) is 17.1 Å². The predicted octanol–water partition coefficient (Wildman–Crippen LogP) is 5.68. The Labute approximate surface area is 167 Å². The maximum atomic E-state index is 14.0. The van der Waals surface area contributed by atoms with E-state index in [4.69, 9.17) is 0 Å². The molecule has 0 aliphatic carbocycles. The lowest BCUT2D eigenvalue weighted by atomic mass is 10.1. The topological polar surface area (TPSA) is 46.5 Å². The van der Waals surface area contributed by atoms with E-state index in [9.17, 15) is 9.65 Å². The van der Waals surface area contributed by atoms with Gasteiger partial charge in [-0.15, -0.1) is 11.3 Å². The summed E-state index contributed by atoms with van der Waals surface area (Å²) >= 11 is 1.63. The van der Waals surface area contributed by atoms with Crippen LogP contribution < -0.4 is 0 Å². The fourth-order valence-corrected chi connectivity index (χ4v) is 4.64. The van der Waals surface area contributed by atoms with Gasteiger partial charge >= 0.3 is 0 Å². The van der Waals surface area contributed by atoms with Gasteiger partial charge in [-0.25, -0.2) is 9.37 Å². The van der Waals surface area contributed by atoms with Crippen LogP contribution in [0.4, 0.5) is 4.39 Å². The molecule has 1 aromatic carbocycles. The molecular weight excluding hydrogens is 371 g/mol. The van der Waals surface area contributed by atoms with Crippen molar-refractivity contribution in [1.82, 2.24) is 14.1 Å². The number of aryl methyl sites for hydroxylation is 1. The molecule has 4 rings (SSSR count). The molecule has 0 aliphatic heterocycles. The summed E-state index contributed by atoms with van der Waals surface area (Å²) in [5, 5.41) is 11.5. The molecule has 0 spiro atoms. The van der Waals surface area contributed by atoms with E-state index in [1.54, 1.807) is 29.9 Å². The highest BCUT2D eigenvalue weighted by Crippen LogP contribution is 2.33.